The SMILES string of the molecule is CCOC(=O)C(O)c1c(C)ccc(C(C)(F)F)c1OC. The van der Waals surface area contributed by atoms with E-state index in [0.29, 0.717) is 5.56 Å². The highest BCUT2D eigenvalue weighted by Crippen LogP contribution is 2.40. The van der Waals surface area contributed by atoms with Crippen LogP contribution in [0.3, 0.4) is 0 Å². The number of hydrogen-bond donors (Lipinski definition) is 1. The standard InChI is InChI=1S/C14H18F2O4/c1-5-20-13(18)11(17)10-8(2)6-7-9(12(10)19-4)14(3,15)16/h6-7,11,17H,5H2,1-4H3. The fraction of sp³-hybridized carbons (Fsp3) is 0.500. The van der Waals surface area contributed by atoms with E-state index in [1.807, 2.05) is 0 Å². The number of carbonyl (C=O) groups is 1. The fourth-order valence-corrected chi connectivity index (χ4v) is 1.94. The molecule has 4 nitrogen and oxygen atoms in total. The summed E-state index contributed by atoms with van der Waals surface area (Å²) in [5.41, 5.74) is 0.0873. The predicted octanol–water partition coefficient (Wildman–Crippen LogP) is 2.71. The van der Waals surface area contributed by atoms with Crippen LogP contribution in [0.25, 0.3) is 0 Å². The van der Waals surface area contributed by atoms with Crippen molar-refractivity contribution in [3.05, 3.63) is 28.8 Å². The van der Waals surface area contributed by atoms with Crippen LogP contribution in [0.2, 0.25) is 0 Å². The van der Waals surface area contributed by atoms with E-state index in [1.165, 1.54) is 19.2 Å². The van der Waals surface area contributed by atoms with Crippen molar-refractivity contribution in [3.8, 4) is 5.75 Å². The smallest absolute Gasteiger partial charge is 0.339 e. The minimum atomic E-state index is -3.15. The lowest BCUT2D eigenvalue weighted by Gasteiger charge is -2.21. The predicted molar refractivity (Wildman–Crippen MR) is 68.9 cm³/mol. The molecule has 20 heavy (non-hydrogen) atoms. The molecule has 0 bridgehead atoms. The largest absolute Gasteiger partial charge is 0.496 e. The van der Waals surface area contributed by atoms with Crippen molar-refractivity contribution in [2.45, 2.75) is 32.8 Å². The van der Waals surface area contributed by atoms with Crippen molar-refractivity contribution in [3.63, 3.8) is 0 Å². The number of aliphatic hydroxyl groups is 1. The lowest BCUT2D eigenvalue weighted by Crippen LogP contribution is -2.19. The van der Waals surface area contributed by atoms with Gasteiger partial charge in [0.05, 0.1) is 19.3 Å². The number of halogens is 2. The Morgan fingerprint density at radius 1 is 1.45 bits per heavy atom. The topological polar surface area (TPSA) is 55.8 Å². The van der Waals surface area contributed by atoms with Crippen LogP contribution in [0.5, 0.6) is 5.75 Å². The second-order valence-electron chi connectivity index (χ2n) is 4.42. The molecule has 1 atom stereocenters. The maximum atomic E-state index is 13.5. The zero-order valence-electron chi connectivity index (χ0n) is 11.9. The molecule has 0 aromatic heterocycles. The monoisotopic (exact) mass is 288 g/mol. The zero-order chi connectivity index (χ0) is 15.5. The number of aliphatic hydroxyl groups excluding tert-OH is 1. The summed E-state index contributed by atoms with van der Waals surface area (Å²) in [6, 6.07) is 2.63. The Morgan fingerprint density at radius 3 is 2.50 bits per heavy atom. The summed E-state index contributed by atoms with van der Waals surface area (Å²) in [6.45, 7) is 3.99. The molecular weight excluding hydrogens is 270 g/mol. The molecule has 0 saturated carbocycles. The van der Waals surface area contributed by atoms with Crippen molar-refractivity contribution in [2.24, 2.45) is 0 Å². The number of carbonyl (C=O) groups excluding carboxylic acids is 1. The summed E-state index contributed by atoms with van der Waals surface area (Å²) < 4.78 is 36.8. The molecule has 0 fully saturated rings. The quantitative estimate of drug-likeness (QED) is 0.846. The normalized spacial score (nSPS) is 12.9. The molecule has 0 aliphatic carbocycles. The molecule has 0 spiro atoms. The van der Waals surface area contributed by atoms with Gasteiger partial charge in [0.25, 0.3) is 5.92 Å². The van der Waals surface area contributed by atoms with Crippen LogP contribution in [0.1, 0.15) is 36.6 Å². The van der Waals surface area contributed by atoms with E-state index in [1.54, 1.807) is 13.8 Å². The Labute approximate surface area is 116 Å². The molecular formula is C14H18F2O4. The van der Waals surface area contributed by atoms with E-state index in [2.05, 4.69) is 0 Å². The Kier molecular flexibility index (Phi) is 5.05. The number of alkyl halides is 2. The van der Waals surface area contributed by atoms with Crippen LogP contribution in [-0.4, -0.2) is 24.8 Å². The van der Waals surface area contributed by atoms with Crippen LogP contribution in [0.15, 0.2) is 12.1 Å². The van der Waals surface area contributed by atoms with E-state index < -0.39 is 18.0 Å². The Bertz CT molecular complexity index is 495. The van der Waals surface area contributed by atoms with E-state index in [9.17, 15) is 18.7 Å². The first-order valence-electron chi connectivity index (χ1n) is 6.14. The first-order valence-corrected chi connectivity index (χ1v) is 6.14. The Hall–Kier alpha value is -1.69. The Morgan fingerprint density at radius 2 is 2.05 bits per heavy atom. The summed E-state index contributed by atoms with van der Waals surface area (Å²) in [5.74, 6) is -4.24. The third-order valence-corrected chi connectivity index (χ3v) is 2.87. The van der Waals surface area contributed by atoms with Crippen molar-refractivity contribution in [1.29, 1.82) is 0 Å². The molecule has 0 saturated heterocycles. The highest BCUT2D eigenvalue weighted by molar-refractivity contribution is 5.78. The van der Waals surface area contributed by atoms with Gasteiger partial charge in [-0.2, -0.15) is 0 Å². The molecule has 1 aromatic rings. The van der Waals surface area contributed by atoms with Gasteiger partial charge in [-0.3, -0.25) is 0 Å². The molecule has 1 N–H and O–H groups in total. The van der Waals surface area contributed by atoms with E-state index >= 15 is 0 Å². The fourth-order valence-electron chi connectivity index (χ4n) is 1.94. The van der Waals surface area contributed by atoms with Crippen molar-refractivity contribution in [1.82, 2.24) is 0 Å². The molecule has 112 valence electrons. The second kappa shape index (κ2) is 6.17. The van der Waals surface area contributed by atoms with E-state index in [-0.39, 0.29) is 23.5 Å². The number of rotatable bonds is 5. The number of hydrogen-bond acceptors (Lipinski definition) is 4. The van der Waals surface area contributed by atoms with Gasteiger partial charge < -0.3 is 14.6 Å². The molecule has 1 rings (SSSR count). The number of methoxy groups -OCH3 is 1. The van der Waals surface area contributed by atoms with Gasteiger partial charge >= 0.3 is 5.97 Å². The van der Waals surface area contributed by atoms with Crippen LogP contribution >= 0.6 is 0 Å². The van der Waals surface area contributed by atoms with Crippen LogP contribution in [0, 0.1) is 6.92 Å². The van der Waals surface area contributed by atoms with E-state index in [0.717, 1.165) is 6.92 Å². The minimum Gasteiger partial charge on any atom is -0.496 e. The number of aryl methyl sites for hydroxylation is 1. The Balaban J connectivity index is 3.41. The van der Waals surface area contributed by atoms with Crippen LogP contribution in [0.4, 0.5) is 8.78 Å². The van der Waals surface area contributed by atoms with Gasteiger partial charge in [-0.05, 0) is 25.5 Å². The zero-order valence-corrected chi connectivity index (χ0v) is 11.9. The van der Waals surface area contributed by atoms with Gasteiger partial charge in [-0.15, -0.1) is 0 Å². The average Bonchev–Trinajstić information content (AvgIpc) is 2.36. The van der Waals surface area contributed by atoms with Gasteiger partial charge in [0.15, 0.2) is 6.10 Å². The second-order valence-corrected chi connectivity index (χ2v) is 4.42. The third-order valence-electron chi connectivity index (χ3n) is 2.87. The summed E-state index contributed by atoms with van der Waals surface area (Å²) in [4.78, 5) is 11.6. The maximum absolute atomic E-state index is 13.5. The molecule has 0 aliphatic rings. The lowest BCUT2D eigenvalue weighted by molar-refractivity contribution is -0.153. The van der Waals surface area contributed by atoms with Gasteiger partial charge in [0.1, 0.15) is 5.75 Å². The lowest BCUT2D eigenvalue weighted by atomic mass is 9.96. The van der Waals surface area contributed by atoms with Gasteiger partial charge in [0, 0.05) is 12.5 Å². The molecule has 0 heterocycles. The summed E-state index contributed by atoms with van der Waals surface area (Å²) in [5, 5.41) is 10.0. The molecule has 1 unspecified atom stereocenters. The first kappa shape index (κ1) is 16.4. The minimum absolute atomic E-state index is 0.00461. The third kappa shape index (κ3) is 3.25. The van der Waals surface area contributed by atoms with Crippen LogP contribution in [-0.2, 0) is 15.5 Å². The molecule has 0 aliphatic heterocycles. The number of ether oxygens (including phenoxy) is 2. The van der Waals surface area contributed by atoms with Crippen molar-refractivity contribution in [2.75, 3.05) is 13.7 Å². The van der Waals surface area contributed by atoms with Crippen molar-refractivity contribution >= 4 is 5.97 Å². The average molecular weight is 288 g/mol. The van der Waals surface area contributed by atoms with Crippen molar-refractivity contribution < 1.29 is 28.2 Å². The number of benzene rings is 1. The molecule has 1 aromatic carbocycles. The highest BCUT2D eigenvalue weighted by atomic mass is 19.3. The van der Waals surface area contributed by atoms with E-state index in [4.69, 9.17) is 9.47 Å². The highest BCUT2D eigenvalue weighted by Gasteiger charge is 2.34. The molecule has 0 radical (unpaired) electrons. The maximum Gasteiger partial charge on any atom is 0.339 e. The summed E-state index contributed by atoms with van der Waals surface area (Å²) in [7, 11) is 1.21. The molecule has 0 amide bonds. The molecule has 6 heteroatoms. The van der Waals surface area contributed by atoms with Gasteiger partial charge in [0.2, 0.25) is 0 Å². The van der Waals surface area contributed by atoms with Gasteiger partial charge in [-0.1, -0.05) is 6.07 Å². The summed E-state index contributed by atoms with van der Waals surface area (Å²) >= 11 is 0. The van der Waals surface area contributed by atoms with Crippen LogP contribution < -0.4 is 4.74 Å². The van der Waals surface area contributed by atoms with Gasteiger partial charge in [-0.25, -0.2) is 13.6 Å². The number of esters is 1. The summed E-state index contributed by atoms with van der Waals surface area (Å²) in [6.07, 6.45) is -1.66. The first-order chi connectivity index (χ1) is 9.23.